The molecule has 0 spiro atoms. The number of piperazine rings is 1. The third-order valence-electron chi connectivity index (χ3n) is 3.50. The van der Waals surface area contributed by atoms with Gasteiger partial charge in [0.25, 0.3) is 0 Å². The number of hydrogen-bond donors (Lipinski definition) is 0. The van der Waals surface area contributed by atoms with Gasteiger partial charge in [0.2, 0.25) is 0 Å². The zero-order chi connectivity index (χ0) is 13.0. The summed E-state index contributed by atoms with van der Waals surface area (Å²) in [5.74, 6) is 1.17. The summed E-state index contributed by atoms with van der Waals surface area (Å²) in [6.07, 6.45) is 0. The molecule has 1 heterocycles. The molecule has 0 bridgehead atoms. The lowest BCUT2D eigenvalue weighted by molar-refractivity contribution is 0.215. The molecule has 0 amide bonds. The van der Waals surface area contributed by atoms with E-state index in [2.05, 4.69) is 55.0 Å². The second-order valence-electron chi connectivity index (χ2n) is 4.90. The molecular weight excluding hydrogens is 222 g/mol. The fourth-order valence-electron chi connectivity index (χ4n) is 2.35. The molecule has 1 aromatic rings. The van der Waals surface area contributed by atoms with Crippen LogP contribution in [0.4, 0.5) is 0 Å². The molecule has 1 aliphatic rings. The summed E-state index contributed by atoms with van der Waals surface area (Å²) in [6.45, 7) is 9.50. The SMILES string of the molecule is CCN=C(c1ccccc1C)N1CCN(C)CC1. The number of hydrogen-bond acceptors (Lipinski definition) is 2. The van der Waals surface area contributed by atoms with E-state index in [4.69, 9.17) is 4.99 Å². The molecule has 0 saturated carbocycles. The van der Waals surface area contributed by atoms with Crippen molar-refractivity contribution in [2.75, 3.05) is 39.8 Å². The lowest BCUT2D eigenvalue weighted by atomic mass is 10.1. The largest absolute Gasteiger partial charge is 0.354 e. The molecule has 1 aromatic carbocycles. The topological polar surface area (TPSA) is 18.8 Å². The van der Waals surface area contributed by atoms with Crippen molar-refractivity contribution in [3.63, 3.8) is 0 Å². The summed E-state index contributed by atoms with van der Waals surface area (Å²) in [4.78, 5) is 9.52. The average Bonchev–Trinajstić information content (AvgIpc) is 2.38. The van der Waals surface area contributed by atoms with E-state index < -0.39 is 0 Å². The van der Waals surface area contributed by atoms with Gasteiger partial charge in [0.05, 0.1) is 0 Å². The van der Waals surface area contributed by atoms with Crippen LogP contribution in [0.1, 0.15) is 18.1 Å². The number of benzene rings is 1. The van der Waals surface area contributed by atoms with Gasteiger partial charge in [0.1, 0.15) is 5.84 Å². The lowest BCUT2D eigenvalue weighted by Gasteiger charge is -2.35. The van der Waals surface area contributed by atoms with Gasteiger partial charge < -0.3 is 9.80 Å². The van der Waals surface area contributed by atoms with Crippen LogP contribution in [0.25, 0.3) is 0 Å². The van der Waals surface area contributed by atoms with Gasteiger partial charge in [-0.3, -0.25) is 4.99 Å². The highest BCUT2D eigenvalue weighted by molar-refractivity contribution is 6.00. The second kappa shape index (κ2) is 6.01. The molecule has 0 unspecified atom stereocenters. The van der Waals surface area contributed by atoms with Crippen molar-refractivity contribution in [3.05, 3.63) is 35.4 Å². The molecule has 98 valence electrons. The summed E-state index contributed by atoms with van der Waals surface area (Å²) in [5.41, 5.74) is 2.59. The molecule has 0 atom stereocenters. The first-order valence-electron chi connectivity index (χ1n) is 6.76. The molecular formula is C15H23N3. The van der Waals surface area contributed by atoms with Gasteiger partial charge in [-0.2, -0.15) is 0 Å². The first kappa shape index (κ1) is 13.1. The maximum absolute atomic E-state index is 4.73. The highest BCUT2D eigenvalue weighted by atomic mass is 15.3. The second-order valence-corrected chi connectivity index (χ2v) is 4.90. The number of nitrogens with zero attached hydrogens (tertiary/aromatic N) is 3. The Labute approximate surface area is 110 Å². The number of likely N-dealkylation sites (N-methyl/N-ethyl adjacent to an activating group) is 1. The summed E-state index contributed by atoms with van der Waals surface area (Å²) in [6, 6.07) is 8.54. The smallest absolute Gasteiger partial charge is 0.131 e. The zero-order valence-corrected chi connectivity index (χ0v) is 11.7. The molecule has 3 heteroatoms. The molecule has 2 rings (SSSR count). The van der Waals surface area contributed by atoms with Crippen LogP contribution in [0, 0.1) is 6.92 Å². The Hall–Kier alpha value is -1.35. The van der Waals surface area contributed by atoms with E-state index in [0.717, 1.165) is 32.7 Å². The predicted molar refractivity (Wildman–Crippen MR) is 77.3 cm³/mol. The normalized spacial score (nSPS) is 18.2. The maximum Gasteiger partial charge on any atom is 0.131 e. The highest BCUT2D eigenvalue weighted by Crippen LogP contribution is 2.13. The van der Waals surface area contributed by atoms with Crippen LogP contribution in [0.3, 0.4) is 0 Å². The monoisotopic (exact) mass is 245 g/mol. The molecule has 18 heavy (non-hydrogen) atoms. The Kier molecular flexibility index (Phi) is 4.37. The summed E-state index contributed by atoms with van der Waals surface area (Å²) < 4.78 is 0. The van der Waals surface area contributed by atoms with Gasteiger partial charge in [-0.05, 0) is 26.5 Å². The van der Waals surface area contributed by atoms with E-state index in [9.17, 15) is 0 Å². The quantitative estimate of drug-likeness (QED) is 0.586. The van der Waals surface area contributed by atoms with Crippen molar-refractivity contribution >= 4 is 5.84 Å². The Balaban J connectivity index is 2.24. The molecule has 1 fully saturated rings. The standard InChI is InChI=1S/C15H23N3/c1-4-16-15(14-8-6-5-7-13(14)2)18-11-9-17(3)10-12-18/h5-8H,4,9-12H2,1-3H3. The average molecular weight is 245 g/mol. The lowest BCUT2D eigenvalue weighted by Crippen LogP contribution is -2.47. The zero-order valence-electron chi connectivity index (χ0n) is 11.7. The minimum atomic E-state index is 0.843. The Morgan fingerprint density at radius 2 is 1.83 bits per heavy atom. The molecule has 0 radical (unpaired) electrons. The van der Waals surface area contributed by atoms with Crippen molar-refractivity contribution in [2.24, 2.45) is 4.99 Å². The van der Waals surface area contributed by atoms with Crippen LogP contribution in [-0.2, 0) is 0 Å². The first-order valence-corrected chi connectivity index (χ1v) is 6.76. The fraction of sp³-hybridized carbons (Fsp3) is 0.533. The van der Waals surface area contributed by atoms with Crippen molar-refractivity contribution in [2.45, 2.75) is 13.8 Å². The molecule has 1 saturated heterocycles. The van der Waals surface area contributed by atoms with Crippen LogP contribution in [0.2, 0.25) is 0 Å². The summed E-state index contributed by atoms with van der Waals surface area (Å²) in [5, 5.41) is 0. The van der Waals surface area contributed by atoms with E-state index in [0.29, 0.717) is 0 Å². The summed E-state index contributed by atoms with van der Waals surface area (Å²) >= 11 is 0. The van der Waals surface area contributed by atoms with Crippen molar-refractivity contribution in [1.29, 1.82) is 0 Å². The number of aryl methyl sites for hydroxylation is 1. The van der Waals surface area contributed by atoms with E-state index in [1.54, 1.807) is 0 Å². The van der Waals surface area contributed by atoms with Gasteiger partial charge in [0, 0.05) is 38.3 Å². The highest BCUT2D eigenvalue weighted by Gasteiger charge is 2.19. The van der Waals surface area contributed by atoms with Crippen molar-refractivity contribution < 1.29 is 0 Å². The van der Waals surface area contributed by atoms with Gasteiger partial charge in [0.15, 0.2) is 0 Å². The first-order chi connectivity index (χ1) is 8.72. The van der Waals surface area contributed by atoms with Crippen molar-refractivity contribution in [1.82, 2.24) is 9.80 Å². The van der Waals surface area contributed by atoms with E-state index in [1.165, 1.54) is 17.0 Å². The Bertz CT molecular complexity index is 418. The van der Waals surface area contributed by atoms with Crippen LogP contribution in [0.15, 0.2) is 29.3 Å². The predicted octanol–water partition coefficient (Wildman–Crippen LogP) is 2.01. The minimum absolute atomic E-state index is 0.843. The maximum atomic E-state index is 4.73. The number of amidine groups is 1. The molecule has 0 N–H and O–H groups in total. The number of aliphatic imine (C=N–C) groups is 1. The van der Waals surface area contributed by atoms with Crippen LogP contribution < -0.4 is 0 Å². The van der Waals surface area contributed by atoms with E-state index in [1.807, 2.05) is 0 Å². The Morgan fingerprint density at radius 1 is 1.17 bits per heavy atom. The van der Waals surface area contributed by atoms with Crippen LogP contribution in [0.5, 0.6) is 0 Å². The molecule has 1 aliphatic heterocycles. The van der Waals surface area contributed by atoms with Crippen LogP contribution in [-0.4, -0.2) is 55.4 Å². The van der Waals surface area contributed by atoms with Crippen molar-refractivity contribution in [3.8, 4) is 0 Å². The van der Waals surface area contributed by atoms with E-state index >= 15 is 0 Å². The fourth-order valence-corrected chi connectivity index (χ4v) is 2.35. The molecule has 0 aromatic heterocycles. The van der Waals surface area contributed by atoms with Gasteiger partial charge in [-0.15, -0.1) is 0 Å². The van der Waals surface area contributed by atoms with Gasteiger partial charge in [-0.25, -0.2) is 0 Å². The van der Waals surface area contributed by atoms with Gasteiger partial charge >= 0.3 is 0 Å². The molecule has 0 aliphatic carbocycles. The third-order valence-corrected chi connectivity index (χ3v) is 3.50. The molecule has 3 nitrogen and oxygen atoms in total. The summed E-state index contributed by atoms with van der Waals surface area (Å²) in [7, 11) is 2.18. The Morgan fingerprint density at radius 3 is 2.44 bits per heavy atom. The van der Waals surface area contributed by atoms with Crippen LogP contribution >= 0.6 is 0 Å². The third kappa shape index (κ3) is 2.91. The number of rotatable bonds is 2. The minimum Gasteiger partial charge on any atom is -0.354 e. The van der Waals surface area contributed by atoms with E-state index in [-0.39, 0.29) is 0 Å². The van der Waals surface area contributed by atoms with Gasteiger partial charge in [-0.1, -0.05) is 24.3 Å².